The molecule has 0 aliphatic carbocycles. The molecule has 0 unspecified atom stereocenters. The lowest BCUT2D eigenvalue weighted by molar-refractivity contribution is 0.710. The van der Waals surface area contributed by atoms with E-state index < -0.39 is 0 Å². The molecule has 3 nitrogen and oxygen atoms in total. The van der Waals surface area contributed by atoms with Gasteiger partial charge in [-0.2, -0.15) is 0 Å². The van der Waals surface area contributed by atoms with E-state index in [1.165, 1.54) is 18.4 Å². The van der Waals surface area contributed by atoms with Crippen LogP contribution in [0.25, 0.3) is 5.65 Å². The number of imidazole rings is 1. The van der Waals surface area contributed by atoms with Gasteiger partial charge in [-0.05, 0) is 24.5 Å². The first-order chi connectivity index (χ1) is 11.7. The van der Waals surface area contributed by atoms with Gasteiger partial charge in [-0.15, -0.1) is 0 Å². The Bertz CT molecular complexity index is 812. The number of nitrogens with zero attached hydrogens (tertiary/aromatic N) is 2. The zero-order valence-corrected chi connectivity index (χ0v) is 15.2. The number of aromatic nitrogens is 2. The second-order valence-electron chi connectivity index (χ2n) is 5.90. The van der Waals surface area contributed by atoms with Gasteiger partial charge < -0.3 is 5.32 Å². The van der Waals surface area contributed by atoms with Crippen molar-refractivity contribution in [1.29, 1.82) is 0 Å². The number of hydrogen-bond donors (Lipinski definition) is 1. The third-order valence-electron chi connectivity index (χ3n) is 4.03. The van der Waals surface area contributed by atoms with Crippen LogP contribution in [0, 0.1) is 0 Å². The number of aryl methyl sites for hydroxylation is 1. The fraction of sp³-hybridized carbons (Fsp3) is 0.316. The molecular weight excluding hydrogens is 341 g/mol. The molecule has 5 heteroatoms. The van der Waals surface area contributed by atoms with Gasteiger partial charge in [0.15, 0.2) is 5.65 Å². The zero-order valence-electron chi connectivity index (χ0n) is 13.7. The van der Waals surface area contributed by atoms with Crippen molar-refractivity contribution >= 4 is 34.7 Å². The standard InChI is InChI=1S/C19H21Cl2N3/c1-2-3-5-10-17-19(22-12-14-8-6-4-7-9-14)24-13-15(20)11-16(21)18(24)23-17/h4,6-9,11,13,22H,2-3,5,10,12H2,1H3. The Kier molecular flexibility index (Phi) is 5.64. The van der Waals surface area contributed by atoms with E-state index in [4.69, 9.17) is 28.2 Å². The summed E-state index contributed by atoms with van der Waals surface area (Å²) < 4.78 is 1.97. The van der Waals surface area contributed by atoms with Crippen molar-refractivity contribution in [2.24, 2.45) is 0 Å². The number of fused-ring (bicyclic) bond motifs is 1. The van der Waals surface area contributed by atoms with Gasteiger partial charge >= 0.3 is 0 Å². The van der Waals surface area contributed by atoms with Crippen molar-refractivity contribution in [2.45, 2.75) is 39.2 Å². The van der Waals surface area contributed by atoms with Crippen LogP contribution in [0.15, 0.2) is 42.6 Å². The molecule has 0 radical (unpaired) electrons. The van der Waals surface area contributed by atoms with E-state index in [9.17, 15) is 0 Å². The van der Waals surface area contributed by atoms with E-state index in [2.05, 4.69) is 24.4 Å². The third-order valence-corrected chi connectivity index (χ3v) is 4.52. The number of hydrogen-bond acceptors (Lipinski definition) is 2. The first-order valence-corrected chi connectivity index (χ1v) is 9.08. The van der Waals surface area contributed by atoms with Crippen molar-refractivity contribution in [3.05, 3.63) is 63.9 Å². The highest BCUT2D eigenvalue weighted by atomic mass is 35.5. The van der Waals surface area contributed by atoms with E-state index >= 15 is 0 Å². The number of benzene rings is 1. The second kappa shape index (κ2) is 7.91. The lowest BCUT2D eigenvalue weighted by Crippen LogP contribution is -2.04. The Hall–Kier alpha value is -1.71. The molecule has 0 saturated carbocycles. The second-order valence-corrected chi connectivity index (χ2v) is 6.75. The minimum absolute atomic E-state index is 0.576. The lowest BCUT2D eigenvalue weighted by Gasteiger charge is -2.09. The normalized spacial score (nSPS) is 11.1. The fourth-order valence-electron chi connectivity index (χ4n) is 2.81. The first-order valence-electron chi connectivity index (χ1n) is 8.33. The maximum absolute atomic E-state index is 6.33. The van der Waals surface area contributed by atoms with E-state index in [1.807, 2.05) is 28.8 Å². The van der Waals surface area contributed by atoms with Crippen LogP contribution in [0.2, 0.25) is 10.0 Å². The van der Waals surface area contributed by atoms with Gasteiger partial charge in [0.2, 0.25) is 0 Å². The van der Waals surface area contributed by atoms with Gasteiger partial charge in [0.25, 0.3) is 0 Å². The van der Waals surface area contributed by atoms with E-state index in [0.717, 1.165) is 36.5 Å². The Morgan fingerprint density at radius 2 is 1.92 bits per heavy atom. The number of anilines is 1. The summed E-state index contributed by atoms with van der Waals surface area (Å²) in [5.41, 5.74) is 3.02. The van der Waals surface area contributed by atoms with E-state index in [0.29, 0.717) is 10.0 Å². The molecule has 0 amide bonds. The van der Waals surface area contributed by atoms with Crippen molar-refractivity contribution in [2.75, 3.05) is 5.32 Å². The van der Waals surface area contributed by atoms with Crippen LogP contribution >= 0.6 is 23.2 Å². The highest BCUT2D eigenvalue weighted by Gasteiger charge is 2.15. The Labute approximate surface area is 152 Å². The monoisotopic (exact) mass is 361 g/mol. The summed E-state index contributed by atoms with van der Waals surface area (Å²) in [5, 5.41) is 4.70. The molecular formula is C19H21Cl2N3. The molecule has 1 aromatic carbocycles. The van der Waals surface area contributed by atoms with Gasteiger partial charge in [-0.3, -0.25) is 4.40 Å². The molecule has 3 aromatic rings. The first kappa shape index (κ1) is 17.1. The summed E-state index contributed by atoms with van der Waals surface area (Å²) in [4.78, 5) is 4.75. The largest absolute Gasteiger partial charge is 0.366 e. The van der Waals surface area contributed by atoms with Crippen LogP contribution in [0.4, 0.5) is 5.82 Å². The highest BCUT2D eigenvalue weighted by molar-refractivity contribution is 6.36. The molecule has 1 N–H and O–H groups in total. The summed E-state index contributed by atoms with van der Waals surface area (Å²) in [6, 6.07) is 12.1. The third kappa shape index (κ3) is 3.85. The topological polar surface area (TPSA) is 29.3 Å². The van der Waals surface area contributed by atoms with Gasteiger partial charge in [0, 0.05) is 12.7 Å². The van der Waals surface area contributed by atoms with Crippen LogP contribution in [0.5, 0.6) is 0 Å². The Balaban J connectivity index is 1.93. The molecule has 0 aliphatic heterocycles. The molecule has 24 heavy (non-hydrogen) atoms. The summed E-state index contributed by atoms with van der Waals surface area (Å²) in [6.07, 6.45) is 6.30. The maximum Gasteiger partial charge on any atom is 0.157 e. The lowest BCUT2D eigenvalue weighted by atomic mass is 10.1. The van der Waals surface area contributed by atoms with Gasteiger partial charge in [-0.25, -0.2) is 4.98 Å². The van der Waals surface area contributed by atoms with Crippen LogP contribution in [0.1, 0.15) is 37.4 Å². The molecule has 2 heterocycles. The van der Waals surface area contributed by atoms with Crippen LogP contribution in [-0.4, -0.2) is 9.38 Å². The molecule has 0 saturated heterocycles. The van der Waals surface area contributed by atoms with Gasteiger partial charge in [0.05, 0.1) is 15.7 Å². The fourth-order valence-corrected chi connectivity index (χ4v) is 3.32. The summed E-state index contributed by atoms with van der Waals surface area (Å²) >= 11 is 12.5. The van der Waals surface area contributed by atoms with Crippen LogP contribution < -0.4 is 5.32 Å². The van der Waals surface area contributed by atoms with E-state index in [1.54, 1.807) is 6.07 Å². The number of unbranched alkanes of at least 4 members (excludes halogenated alkanes) is 2. The van der Waals surface area contributed by atoms with Gasteiger partial charge in [-0.1, -0.05) is 73.3 Å². The van der Waals surface area contributed by atoms with Crippen LogP contribution in [-0.2, 0) is 13.0 Å². The molecule has 0 bridgehead atoms. The molecule has 2 aromatic heterocycles. The van der Waals surface area contributed by atoms with Crippen molar-refractivity contribution in [1.82, 2.24) is 9.38 Å². The molecule has 126 valence electrons. The molecule has 0 atom stereocenters. The average molecular weight is 362 g/mol. The maximum atomic E-state index is 6.33. The number of nitrogens with one attached hydrogen (secondary N) is 1. The van der Waals surface area contributed by atoms with Gasteiger partial charge in [0.1, 0.15) is 5.82 Å². The smallest absolute Gasteiger partial charge is 0.157 e. The highest BCUT2D eigenvalue weighted by Crippen LogP contribution is 2.28. The molecule has 0 fully saturated rings. The quantitative estimate of drug-likeness (QED) is 0.524. The molecule has 0 spiro atoms. The average Bonchev–Trinajstić information content (AvgIpc) is 2.92. The predicted molar refractivity (Wildman–Crippen MR) is 102 cm³/mol. The molecule has 0 aliphatic rings. The zero-order chi connectivity index (χ0) is 16.9. The predicted octanol–water partition coefficient (Wildman–Crippen LogP) is 5.99. The van der Waals surface area contributed by atoms with Crippen molar-refractivity contribution < 1.29 is 0 Å². The Morgan fingerprint density at radius 1 is 1.12 bits per heavy atom. The minimum atomic E-state index is 0.576. The molecule has 3 rings (SSSR count). The van der Waals surface area contributed by atoms with Crippen LogP contribution in [0.3, 0.4) is 0 Å². The Morgan fingerprint density at radius 3 is 2.67 bits per heavy atom. The van der Waals surface area contributed by atoms with E-state index in [-0.39, 0.29) is 0 Å². The number of halogens is 2. The number of rotatable bonds is 7. The number of pyridine rings is 1. The summed E-state index contributed by atoms with van der Waals surface area (Å²) in [7, 11) is 0. The minimum Gasteiger partial charge on any atom is -0.366 e. The van der Waals surface area contributed by atoms with Crippen molar-refractivity contribution in [3.63, 3.8) is 0 Å². The van der Waals surface area contributed by atoms with Crippen molar-refractivity contribution in [3.8, 4) is 0 Å². The summed E-state index contributed by atoms with van der Waals surface area (Å²) in [6.45, 7) is 2.94. The SMILES string of the molecule is CCCCCc1nc2c(Cl)cc(Cl)cn2c1NCc1ccccc1. The summed E-state index contributed by atoms with van der Waals surface area (Å²) in [5.74, 6) is 0.981.